The van der Waals surface area contributed by atoms with Gasteiger partial charge < -0.3 is 15.2 Å². The Bertz CT molecular complexity index is 418. The van der Waals surface area contributed by atoms with Crippen molar-refractivity contribution in [2.75, 3.05) is 13.7 Å². The minimum absolute atomic E-state index is 0.0190. The number of carbonyl (C=O) groups is 1. The second kappa shape index (κ2) is 4.94. The maximum atomic E-state index is 11.9. The summed E-state index contributed by atoms with van der Waals surface area (Å²) in [6, 6.07) is 3.68. The van der Waals surface area contributed by atoms with Crippen LogP contribution in [-0.4, -0.2) is 25.8 Å². The van der Waals surface area contributed by atoms with Crippen LogP contribution in [0.25, 0.3) is 0 Å². The Morgan fingerprint density at radius 1 is 1.35 bits per heavy atom. The van der Waals surface area contributed by atoms with Crippen molar-refractivity contribution in [2.24, 2.45) is 5.73 Å². The molecule has 0 aliphatic heterocycles. The molecular weight excluding hydrogens is 239 g/mol. The van der Waals surface area contributed by atoms with Crippen LogP contribution in [0.3, 0.4) is 0 Å². The Hall–Kier alpha value is -1.92. The smallest absolute Gasteiger partial charge is 0.422 e. The first-order chi connectivity index (χ1) is 7.83. The lowest BCUT2D eigenvalue weighted by atomic mass is 10.2. The first-order valence-electron chi connectivity index (χ1n) is 4.51. The van der Waals surface area contributed by atoms with Crippen LogP contribution in [0, 0.1) is 0 Å². The summed E-state index contributed by atoms with van der Waals surface area (Å²) in [5.41, 5.74) is 5.14. The number of hydrogen-bond acceptors (Lipinski definition) is 3. The molecule has 0 atom stereocenters. The number of hydrogen-bond donors (Lipinski definition) is 1. The number of nitrogens with two attached hydrogens (primary N) is 1. The fourth-order valence-electron chi connectivity index (χ4n) is 1.10. The average Bonchev–Trinajstić information content (AvgIpc) is 2.24. The predicted molar refractivity (Wildman–Crippen MR) is 53.1 cm³/mol. The molecule has 1 amide bonds. The molecule has 1 rings (SSSR count). The van der Waals surface area contributed by atoms with Crippen molar-refractivity contribution >= 4 is 5.91 Å². The van der Waals surface area contributed by atoms with E-state index < -0.39 is 18.7 Å². The van der Waals surface area contributed by atoms with Crippen molar-refractivity contribution in [3.05, 3.63) is 23.8 Å². The molecule has 0 radical (unpaired) electrons. The summed E-state index contributed by atoms with van der Waals surface area (Å²) in [6.45, 7) is -1.43. The first-order valence-corrected chi connectivity index (χ1v) is 4.51. The van der Waals surface area contributed by atoms with E-state index in [0.717, 1.165) is 0 Å². The quantitative estimate of drug-likeness (QED) is 0.884. The van der Waals surface area contributed by atoms with Crippen molar-refractivity contribution < 1.29 is 27.4 Å². The molecule has 0 unspecified atom stereocenters. The van der Waals surface area contributed by atoms with E-state index in [1.807, 2.05) is 0 Å². The highest BCUT2D eigenvalue weighted by Gasteiger charge is 2.29. The number of benzene rings is 1. The molecule has 0 saturated heterocycles. The molecule has 0 heterocycles. The third kappa shape index (κ3) is 3.86. The van der Waals surface area contributed by atoms with E-state index >= 15 is 0 Å². The van der Waals surface area contributed by atoms with Gasteiger partial charge in [0.05, 0.1) is 7.11 Å². The summed E-state index contributed by atoms with van der Waals surface area (Å²) in [7, 11) is 1.25. The van der Waals surface area contributed by atoms with Gasteiger partial charge in [0.15, 0.2) is 18.1 Å². The van der Waals surface area contributed by atoms with Gasteiger partial charge in [0, 0.05) is 5.56 Å². The summed E-state index contributed by atoms with van der Waals surface area (Å²) >= 11 is 0. The molecule has 1 aromatic carbocycles. The number of alkyl halides is 3. The Balaban J connectivity index is 2.89. The maximum Gasteiger partial charge on any atom is 0.422 e. The van der Waals surface area contributed by atoms with Crippen LogP contribution >= 0.6 is 0 Å². The molecule has 0 saturated carbocycles. The van der Waals surface area contributed by atoms with E-state index in [4.69, 9.17) is 10.5 Å². The SMILES string of the molecule is COc1cc(C(N)=O)ccc1OCC(F)(F)F. The highest BCUT2D eigenvalue weighted by Crippen LogP contribution is 2.29. The Labute approximate surface area is 95.1 Å². The maximum absolute atomic E-state index is 11.9. The van der Waals surface area contributed by atoms with Crippen molar-refractivity contribution in [3.63, 3.8) is 0 Å². The Kier molecular flexibility index (Phi) is 3.82. The summed E-state index contributed by atoms with van der Waals surface area (Å²) in [5.74, 6) is -0.786. The minimum atomic E-state index is -4.44. The van der Waals surface area contributed by atoms with Gasteiger partial charge in [-0.05, 0) is 18.2 Å². The number of ether oxygens (including phenoxy) is 2. The number of primary amides is 1. The number of amides is 1. The molecule has 17 heavy (non-hydrogen) atoms. The molecule has 4 nitrogen and oxygen atoms in total. The molecule has 0 aliphatic carbocycles. The molecule has 94 valence electrons. The van der Waals surface area contributed by atoms with Crippen LogP contribution in [-0.2, 0) is 0 Å². The zero-order valence-corrected chi connectivity index (χ0v) is 8.88. The fraction of sp³-hybridized carbons (Fsp3) is 0.300. The van der Waals surface area contributed by atoms with Crippen molar-refractivity contribution in [1.82, 2.24) is 0 Å². The second-order valence-electron chi connectivity index (χ2n) is 3.13. The molecule has 0 spiro atoms. The lowest BCUT2D eigenvalue weighted by molar-refractivity contribution is -0.153. The zero-order chi connectivity index (χ0) is 13.1. The summed E-state index contributed by atoms with van der Waals surface area (Å²) in [6.07, 6.45) is -4.44. The highest BCUT2D eigenvalue weighted by molar-refractivity contribution is 5.93. The highest BCUT2D eigenvalue weighted by atomic mass is 19.4. The molecule has 0 aromatic heterocycles. The van der Waals surface area contributed by atoms with Crippen LogP contribution in [0.1, 0.15) is 10.4 Å². The van der Waals surface area contributed by atoms with E-state index in [1.165, 1.54) is 25.3 Å². The lowest BCUT2D eigenvalue weighted by Gasteiger charge is -2.12. The lowest BCUT2D eigenvalue weighted by Crippen LogP contribution is -2.19. The van der Waals surface area contributed by atoms with Gasteiger partial charge in [-0.1, -0.05) is 0 Å². The molecule has 1 aromatic rings. The van der Waals surface area contributed by atoms with E-state index in [-0.39, 0.29) is 17.1 Å². The van der Waals surface area contributed by atoms with Crippen molar-refractivity contribution in [3.8, 4) is 11.5 Å². The largest absolute Gasteiger partial charge is 0.493 e. The number of carbonyl (C=O) groups excluding carboxylic acids is 1. The summed E-state index contributed by atoms with van der Waals surface area (Å²) in [4.78, 5) is 10.8. The van der Waals surface area contributed by atoms with Gasteiger partial charge in [-0.25, -0.2) is 0 Å². The number of halogens is 3. The summed E-state index contributed by atoms with van der Waals surface area (Å²) in [5, 5.41) is 0. The van der Waals surface area contributed by atoms with Gasteiger partial charge >= 0.3 is 6.18 Å². The summed E-state index contributed by atoms with van der Waals surface area (Å²) < 4.78 is 45.2. The van der Waals surface area contributed by atoms with Crippen molar-refractivity contribution in [2.45, 2.75) is 6.18 Å². The minimum Gasteiger partial charge on any atom is -0.493 e. The van der Waals surface area contributed by atoms with Gasteiger partial charge in [-0.2, -0.15) is 13.2 Å². The van der Waals surface area contributed by atoms with Crippen LogP contribution in [0.4, 0.5) is 13.2 Å². The molecule has 0 aliphatic rings. The van der Waals surface area contributed by atoms with Crippen molar-refractivity contribution in [1.29, 1.82) is 0 Å². The molecule has 7 heteroatoms. The van der Waals surface area contributed by atoms with Gasteiger partial charge in [-0.3, -0.25) is 4.79 Å². The third-order valence-electron chi connectivity index (χ3n) is 1.84. The average molecular weight is 249 g/mol. The first kappa shape index (κ1) is 13.1. The van der Waals surface area contributed by atoms with E-state index in [9.17, 15) is 18.0 Å². The predicted octanol–water partition coefficient (Wildman–Crippen LogP) is 1.74. The topological polar surface area (TPSA) is 61.5 Å². The van der Waals surface area contributed by atoms with Crippen LogP contribution < -0.4 is 15.2 Å². The molecule has 2 N–H and O–H groups in total. The zero-order valence-electron chi connectivity index (χ0n) is 8.88. The number of rotatable bonds is 4. The fourth-order valence-corrected chi connectivity index (χ4v) is 1.10. The van der Waals surface area contributed by atoms with E-state index in [1.54, 1.807) is 0 Å². The van der Waals surface area contributed by atoms with E-state index in [2.05, 4.69) is 4.74 Å². The standard InChI is InChI=1S/C10H10F3NO3/c1-16-8-4-6(9(14)15)2-3-7(8)17-5-10(11,12)13/h2-4H,5H2,1H3,(H2,14,15). The van der Waals surface area contributed by atoms with Gasteiger partial charge in [-0.15, -0.1) is 0 Å². The molecular formula is C10H10F3NO3. The van der Waals surface area contributed by atoms with Gasteiger partial charge in [0.1, 0.15) is 0 Å². The Morgan fingerprint density at radius 3 is 2.47 bits per heavy atom. The molecule has 0 fully saturated rings. The normalized spacial score (nSPS) is 11.1. The van der Waals surface area contributed by atoms with Gasteiger partial charge in [0.25, 0.3) is 0 Å². The van der Waals surface area contributed by atoms with Crippen LogP contribution in [0.15, 0.2) is 18.2 Å². The monoisotopic (exact) mass is 249 g/mol. The van der Waals surface area contributed by atoms with Gasteiger partial charge in [0.2, 0.25) is 5.91 Å². The van der Waals surface area contributed by atoms with E-state index in [0.29, 0.717) is 0 Å². The van der Waals surface area contributed by atoms with Crippen LogP contribution in [0.2, 0.25) is 0 Å². The second-order valence-corrected chi connectivity index (χ2v) is 3.13. The third-order valence-corrected chi connectivity index (χ3v) is 1.84. The van der Waals surface area contributed by atoms with Crippen LogP contribution in [0.5, 0.6) is 11.5 Å². The number of methoxy groups -OCH3 is 1. The Morgan fingerprint density at radius 2 is 2.00 bits per heavy atom. The molecule has 0 bridgehead atoms.